The van der Waals surface area contributed by atoms with E-state index in [0.29, 0.717) is 29.8 Å². The normalized spacial score (nSPS) is 12.9. The van der Waals surface area contributed by atoms with Crippen LogP contribution in [0.4, 0.5) is 0 Å². The quantitative estimate of drug-likeness (QED) is 0.854. The average molecular weight is 237 g/mol. The first kappa shape index (κ1) is 11.8. The van der Waals surface area contributed by atoms with E-state index in [1.807, 2.05) is 6.92 Å². The molecular weight excluding hydrogens is 222 g/mol. The molecule has 0 spiro atoms. The third-order valence-corrected chi connectivity index (χ3v) is 2.46. The molecule has 1 atom stereocenters. The minimum atomic E-state index is -0.156. The number of ether oxygens (including phenoxy) is 1. The number of methoxy groups -OCH3 is 1. The first-order valence-electron chi connectivity index (χ1n) is 5.44. The predicted molar refractivity (Wildman–Crippen MR) is 59.9 cm³/mol. The van der Waals surface area contributed by atoms with E-state index in [9.17, 15) is 0 Å². The minimum absolute atomic E-state index is 0.156. The van der Waals surface area contributed by atoms with Crippen molar-refractivity contribution in [2.45, 2.75) is 26.0 Å². The molecule has 2 aromatic heterocycles. The van der Waals surface area contributed by atoms with Gasteiger partial charge in [0.2, 0.25) is 5.82 Å². The Labute approximate surface area is 98.7 Å². The maximum Gasteiger partial charge on any atom is 0.293 e. The average Bonchev–Trinajstić information content (AvgIpc) is 2.98. The van der Waals surface area contributed by atoms with Crippen molar-refractivity contribution in [1.82, 2.24) is 10.1 Å². The summed E-state index contributed by atoms with van der Waals surface area (Å²) in [7, 11) is 1.61. The zero-order chi connectivity index (χ0) is 12.3. The van der Waals surface area contributed by atoms with Crippen molar-refractivity contribution in [2.24, 2.45) is 5.73 Å². The first-order valence-corrected chi connectivity index (χ1v) is 5.44. The van der Waals surface area contributed by atoms with Gasteiger partial charge < -0.3 is 19.4 Å². The van der Waals surface area contributed by atoms with Crippen molar-refractivity contribution in [1.29, 1.82) is 0 Å². The minimum Gasteiger partial charge on any atom is -0.455 e. The Hall–Kier alpha value is -1.66. The molecule has 0 bridgehead atoms. The van der Waals surface area contributed by atoms with Crippen LogP contribution in [0.3, 0.4) is 0 Å². The van der Waals surface area contributed by atoms with E-state index < -0.39 is 0 Å². The lowest BCUT2D eigenvalue weighted by atomic mass is 10.2. The fourth-order valence-electron chi connectivity index (χ4n) is 1.52. The number of nitrogens with zero attached hydrogens (tertiary/aromatic N) is 2. The summed E-state index contributed by atoms with van der Waals surface area (Å²) in [6.07, 6.45) is 0.623. The third-order valence-electron chi connectivity index (χ3n) is 2.46. The second-order valence-electron chi connectivity index (χ2n) is 3.56. The van der Waals surface area contributed by atoms with Crippen molar-refractivity contribution < 1.29 is 13.7 Å². The van der Waals surface area contributed by atoms with Crippen LogP contribution in [0.5, 0.6) is 0 Å². The number of nitrogens with two attached hydrogens (primary N) is 1. The summed E-state index contributed by atoms with van der Waals surface area (Å²) in [6, 6.07) is 3.54. The molecule has 2 heterocycles. The Balaban J connectivity index is 2.22. The van der Waals surface area contributed by atoms with Crippen LogP contribution in [0, 0.1) is 0 Å². The Morgan fingerprint density at radius 1 is 1.47 bits per heavy atom. The summed E-state index contributed by atoms with van der Waals surface area (Å²) >= 11 is 0. The molecule has 1 unspecified atom stereocenters. The van der Waals surface area contributed by atoms with Crippen molar-refractivity contribution in [3.8, 4) is 11.7 Å². The zero-order valence-electron chi connectivity index (χ0n) is 9.84. The van der Waals surface area contributed by atoms with Gasteiger partial charge in [-0.25, -0.2) is 0 Å². The first-order chi connectivity index (χ1) is 8.28. The van der Waals surface area contributed by atoms with E-state index in [-0.39, 0.29) is 6.10 Å². The molecule has 0 amide bonds. The SMILES string of the molecule is CCC(OC)c1noc(-c2ccc(CN)o2)n1. The summed E-state index contributed by atoms with van der Waals surface area (Å²) in [4.78, 5) is 4.23. The molecule has 0 aromatic carbocycles. The van der Waals surface area contributed by atoms with Crippen LogP contribution < -0.4 is 5.73 Å². The predicted octanol–water partition coefficient (Wildman–Crippen LogP) is 1.89. The number of aromatic nitrogens is 2. The largest absolute Gasteiger partial charge is 0.455 e. The van der Waals surface area contributed by atoms with Crippen LogP contribution in [0.1, 0.15) is 31.0 Å². The topological polar surface area (TPSA) is 87.3 Å². The summed E-state index contributed by atoms with van der Waals surface area (Å²) in [5.41, 5.74) is 5.46. The molecule has 2 rings (SSSR count). The van der Waals surface area contributed by atoms with Gasteiger partial charge in [-0.15, -0.1) is 0 Å². The zero-order valence-corrected chi connectivity index (χ0v) is 9.84. The fourth-order valence-corrected chi connectivity index (χ4v) is 1.52. The highest BCUT2D eigenvalue weighted by Crippen LogP contribution is 2.23. The monoisotopic (exact) mass is 237 g/mol. The van der Waals surface area contributed by atoms with Gasteiger partial charge in [0.1, 0.15) is 11.9 Å². The molecule has 6 nitrogen and oxygen atoms in total. The molecule has 2 N–H and O–H groups in total. The van der Waals surface area contributed by atoms with Gasteiger partial charge in [-0.2, -0.15) is 4.98 Å². The van der Waals surface area contributed by atoms with Crippen molar-refractivity contribution in [3.05, 3.63) is 23.7 Å². The molecule has 0 aliphatic heterocycles. The smallest absolute Gasteiger partial charge is 0.293 e. The van der Waals surface area contributed by atoms with Crippen molar-refractivity contribution >= 4 is 0 Å². The van der Waals surface area contributed by atoms with E-state index in [4.69, 9.17) is 19.4 Å². The molecule has 0 fully saturated rings. The van der Waals surface area contributed by atoms with Crippen LogP contribution in [0.2, 0.25) is 0 Å². The van der Waals surface area contributed by atoms with Crippen LogP contribution in [0.25, 0.3) is 11.7 Å². The van der Waals surface area contributed by atoms with Crippen LogP contribution >= 0.6 is 0 Å². The van der Waals surface area contributed by atoms with Gasteiger partial charge in [-0.05, 0) is 18.6 Å². The second-order valence-corrected chi connectivity index (χ2v) is 3.56. The number of hydrogen-bond acceptors (Lipinski definition) is 6. The van der Waals surface area contributed by atoms with Gasteiger partial charge in [0, 0.05) is 7.11 Å². The van der Waals surface area contributed by atoms with Crippen molar-refractivity contribution in [2.75, 3.05) is 7.11 Å². The van der Waals surface area contributed by atoms with Crippen LogP contribution in [-0.2, 0) is 11.3 Å². The molecule has 6 heteroatoms. The lowest BCUT2D eigenvalue weighted by molar-refractivity contribution is 0.0903. The Morgan fingerprint density at radius 3 is 2.88 bits per heavy atom. The maximum atomic E-state index is 5.46. The second kappa shape index (κ2) is 5.11. The van der Waals surface area contributed by atoms with Gasteiger partial charge in [0.05, 0.1) is 6.54 Å². The van der Waals surface area contributed by atoms with E-state index in [1.165, 1.54) is 0 Å². The summed E-state index contributed by atoms with van der Waals surface area (Å²) < 4.78 is 15.8. The van der Waals surface area contributed by atoms with E-state index in [0.717, 1.165) is 6.42 Å². The Morgan fingerprint density at radius 2 is 2.29 bits per heavy atom. The van der Waals surface area contributed by atoms with Gasteiger partial charge >= 0.3 is 0 Å². The van der Waals surface area contributed by atoms with Gasteiger partial charge in [0.25, 0.3) is 5.89 Å². The molecule has 92 valence electrons. The Kier molecular flexibility index (Phi) is 3.55. The van der Waals surface area contributed by atoms with Crippen LogP contribution in [-0.4, -0.2) is 17.3 Å². The lowest BCUT2D eigenvalue weighted by Crippen LogP contribution is -2.01. The molecule has 2 aromatic rings. The molecule has 0 saturated carbocycles. The van der Waals surface area contributed by atoms with Gasteiger partial charge in [-0.1, -0.05) is 12.1 Å². The highest BCUT2D eigenvalue weighted by Gasteiger charge is 2.18. The molecule has 0 saturated heterocycles. The lowest BCUT2D eigenvalue weighted by Gasteiger charge is -2.05. The summed E-state index contributed by atoms with van der Waals surface area (Å²) in [5, 5.41) is 3.87. The maximum absolute atomic E-state index is 5.46. The van der Waals surface area contributed by atoms with Crippen LogP contribution in [0.15, 0.2) is 21.1 Å². The standard InChI is InChI=1S/C11H15N3O3/c1-3-8(15-2)10-13-11(17-14-10)9-5-4-7(6-12)16-9/h4-5,8H,3,6,12H2,1-2H3. The number of furan rings is 1. The molecule has 0 radical (unpaired) electrons. The fraction of sp³-hybridized carbons (Fsp3) is 0.455. The summed E-state index contributed by atoms with van der Waals surface area (Å²) in [5.74, 6) is 2.07. The van der Waals surface area contributed by atoms with E-state index in [2.05, 4.69) is 10.1 Å². The van der Waals surface area contributed by atoms with E-state index in [1.54, 1.807) is 19.2 Å². The highest BCUT2D eigenvalue weighted by atomic mass is 16.5. The third kappa shape index (κ3) is 2.37. The van der Waals surface area contributed by atoms with Gasteiger partial charge in [-0.3, -0.25) is 0 Å². The number of hydrogen-bond donors (Lipinski definition) is 1. The molecular formula is C11H15N3O3. The highest BCUT2D eigenvalue weighted by molar-refractivity contribution is 5.44. The van der Waals surface area contributed by atoms with Gasteiger partial charge in [0.15, 0.2) is 5.76 Å². The summed E-state index contributed by atoms with van der Waals surface area (Å²) in [6.45, 7) is 2.33. The van der Waals surface area contributed by atoms with Crippen molar-refractivity contribution in [3.63, 3.8) is 0 Å². The number of rotatable bonds is 5. The molecule has 17 heavy (non-hydrogen) atoms. The Bertz CT molecular complexity index is 474. The molecule has 0 aliphatic rings. The molecule has 0 aliphatic carbocycles. The van der Waals surface area contributed by atoms with E-state index >= 15 is 0 Å².